The van der Waals surface area contributed by atoms with Crippen LogP contribution in [0.2, 0.25) is 5.02 Å². The molecule has 2 rings (SSSR count). The fourth-order valence-electron chi connectivity index (χ4n) is 1.92. The van der Waals surface area contributed by atoms with Gasteiger partial charge in [-0.2, -0.15) is 8.42 Å². The molecule has 0 saturated carbocycles. The van der Waals surface area contributed by atoms with E-state index in [4.69, 9.17) is 15.8 Å². The van der Waals surface area contributed by atoms with Gasteiger partial charge in [-0.15, -0.1) is 0 Å². The van der Waals surface area contributed by atoms with Crippen molar-refractivity contribution in [3.8, 4) is 5.75 Å². The van der Waals surface area contributed by atoms with E-state index < -0.39 is 16.1 Å². The maximum atomic E-state index is 12.3. The van der Waals surface area contributed by atoms with Crippen LogP contribution < -0.4 is 4.18 Å². The van der Waals surface area contributed by atoms with Crippen LogP contribution >= 0.6 is 11.6 Å². The number of carbonyl (C=O) groups excluding carboxylic acids is 1. The summed E-state index contributed by atoms with van der Waals surface area (Å²) in [6.45, 7) is 1.91. The molecule has 0 heterocycles. The standard InChI is InChI=1S/C16H15ClO5S/c1-3-11-10-13(6-9-15(11)17)22-23(19,20)14-7-4-12(5-8-14)16(18)21-2/h4-10H,3H2,1-2H3. The molecule has 0 radical (unpaired) electrons. The number of esters is 1. The van der Waals surface area contributed by atoms with Crippen LogP contribution in [-0.2, 0) is 21.3 Å². The van der Waals surface area contributed by atoms with Crippen LogP contribution in [0, 0.1) is 0 Å². The number of hydrogen-bond donors (Lipinski definition) is 0. The smallest absolute Gasteiger partial charge is 0.339 e. The SMILES string of the molecule is CCc1cc(OS(=O)(=O)c2ccc(C(=O)OC)cc2)ccc1Cl. The highest BCUT2D eigenvalue weighted by Crippen LogP contribution is 2.25. The molecule has 0 aromatic heterocycles. The molecule has 2 aromatic rings. The Morgan fingerprint density at radius 1 is 1.13 bits per heavy atom. The Labute approximate surface area is 139 Å². The van der Waals surface area contributed by atoms with Gasteiger partial charge in [0.25, 0.3) is 0 Å². The Kier molecular flexibility index (Phi) is 5.28. The molecule has 2 aromatic carbocycles. The lowest BCUT2D eigenvalue weighted by Gasteiger charge is -2.09. The lowest BCUT2D eigenvalue weighted by molar-refractivity contribution is 0.0600. The normalized spacial score (nSPS) is 11.1. The third-order valence-corrected chi connectivity index (χ3v) is 4.80. The highest BCUT2D eigenvalue weighted by Gasteiger charge is 2.18. The summed E-state index contributed by atoms with van der Waals surface area (Å²) in [5.74, 6) is -0.358. The Balaban J connectivity index is 2.26. The summed E-state index contributed by atoms with van der Waals surface area (Å²) in [5, 5.41) is 0.555. The highest BCUT2D eigenvalue weighted by atomic mass is 35.5. The number of hydrogen-bond acceptors (Lipinski definition) is 5. The Morgan fingerprint density at radius 2 is 1.78 bits per heavy atom. The molecule has 0 spiro atoms. The fraction of sp³-hybridized carbons (Fsp3) is 0.188. The minimum absolute atomic E-state index is 0.0573. The lowest BCUT2D eigenvalue weighted by atomic mass is 10.2. The van der Waals surface area contributed by atoms with Crippen LogP contribution in [-0.4, -0.2) is 21.5 Å². The van der Waals surface area contributed by atoms with Crippen molar-refractivity contribution in [1.82, 2.24) is 0 Å². The zero-order chi connectivity index (χ0) is 17.0. The molecule has 0 fully saturated rings. The molecule has 7 heteroatoms. The molecule has 0 aliphatic heterocycles. The largest absolute Gasteiger partial charge is 0.465 e. The molecule has 0 aliphatic carbocycles. The third kappa shape index (κ3) is 4.03. The van der Waals surface area contributed by atoms with Gasteiger partial charge in [-0.05, 0) is 54.4 Å². The molecule has 0 amide bonds. The predicted molar refractivity (Wildman–Crippen MR) is 86.4 cm³/mol. The van der Waals surface area contributed by atoms with Crippen LogP contribution in [0.1, 0.15) is 22.8 Å². The van der Waals surface area contributed by atoms with Crippen molar-refractivity contribution in [3.63, 3.8) is 0 Å². The number of carbonyl (C=O) groups is 1. The van der Waals surface area contributed by atoms with Gasteiger partial charge in [-0.25, -0.2) is 4.79 Å². The second-order valence-corrected chi connectivity index (χ2v) is 6.61. The van der Waals surface area contributed by atoms with Gasteiger partial charge in [0, 0.05) is 5.02 Å². The molecule has 0 N–H and O–H groups in total. The highest BCUT2D eigenvalue weighted by molar-refractivity contribution is 7.87. The first kappa shape index (κ1) is 17.3. The van der Waals surface area contributed by atoms with Crippen molar-refractivity contribution in [2.75, 3.05) is 7.11 Å². The molecule has 0 saturated heterocycles. The number of benzene rings is 2. The maximum Gasteiger partial charge on any atom is 0.339 e. The molecule has 0 aliphatic rings. The zero-order valence-corrected chi connectivity index (χ0v) is 14.1. The predicted octanol–water partition coefficient (Wildman–Crippen LogP) is 3.46. The van der Waals surface area contributed by atoms with Crippen LogP contribution in [0.3, 0.4) is 0 Å². The number of ether oxygens (including phenoxy) is 1. The summed E-state index contributed by atoms with van der Waals surface area (Å²) in [6, 6.07) is 9.97. The third-order valence-electron chi connectivity index (χ3n) is 3.17. The van der Waals surface area contributed by atoms with Gasteiger partial charge in [0.05, 0.1) is 12.7 Å². The van der Waals surface area contributed by atoms with Gasteiger partial charge in [0.2, 0.25) is 0 Å². The van der Waals surface area contributed by atoms with Gasteiger partial charge < -0.3 is 8.92 Å². The van der Waals surface area contributed by atoms with Gasteiger partial charge in [0.15, 0.2) is 0 Å². The van der Waals surface area contributed by atoms with Crippen LogP contribution in [0.15, 0.2) is 47.4 Å². The molecule has 0 bridgehead atoms. The molecule has 122 valence electrons. The average Bonchev–Trinajstić information content (AvgIpc) is 2.55. The fourth-order valence-corrected chi connectivity index (χ4v) is 3.10. The molecule has 5 nitrogen and oxygen atoms in total. The summed E-state index contributed by atoms with van der Waals surface area (Å²) in [4.78, 5) is 11.3. The van der Waals surface area contributed by atoms with Crippen molar-refractivity contribution >= 4 is 27.7 Å². The Bertz CT molecular complexity index is 813. The minimum atomic E-state index is -4.00. The zero-order valence-electron chi connectivity index (χ0n) is 12.6. The van der Waals surface area contributed by atoms with E-state index in [1.54, 1.807) is 12.1 Å². The first-order chi connectivity index (χ1) is 10.9. The molecule has 0 unspecified atom stereocenters. The summed E-state index contributed by atoms with van der Waals surface area (Å²) in [5.41, 5.74) is 1.05. The number of halogens is 1. The Hall–Kier alpha value is -2.05. The van der Waals surface area contributed by atoms with Crippen molar-refractivity contribution in [1.29, 1.82) is 0 Å². The van der Waals surface area contributed by atoms with E-state index in [1.807, 2.05) is 6.92 Å². The van der Waals surface area contributed by atoms with Gasteiger partial charge in [-0.1, -0.05) is 18.5 Å². The number of methoxy groups -OCH3 is 1. The first-order valence-electron chi connectivity index (χ1n) is 6.78. The van der Waals surface area contributed by atoms with Crippen LogP contribution in [0.25, 0.3) is 0 Å². The number of aryl methyl sites for hydroxylation is 1. The number of rotatable bonds is 5. The quantitative estimate of drug-likeness (QED) is 0.607. The molecule has 23 heavy (non-hydrogen) atoms. The van der Waals surface area contributed by atoms with E-state index in [0.29, 0.717) is 11.4 Å². The summed E-state index contributed by atoms with van der Waals surface area (Å²) >= 11 is 6.00. The van der Waals surface area contributed by atoms with Crippen LogP contribution in [0.4, 0.5) is 0 Å². The topological polar surface area (TPSA) is 69.7 Å². The summed E-state index contributed by atoms with van der Waals surface area (Å²) < 4.78 is 34.2. The first-order valence-corrected chi connectivity index (χ1v) is 8.57. The second kappa shape index (κ2) is 7.02. The molecule has 0 atom stereocenters. The van der Waals surface area contributed by atoms with E-state index >= 15 is 0 Å². The van der Waals surface area contributed by atoms with E-state index in [-0.39, 0.29) is 16.2 Å². The lowest BCUT2D eigenvalue weighted by Crippen LogP contribution is -2.10. The van der Waals surface area contributed by atoms with Crippen molar-refractivity contribution < 1.29 is 22.1 Å². The summed E-state index contributed by atoms with van der Waals surface area (Å²) in [7, 11) is -2.74. The van der Waals surface area contributed by atoms with E-state index in [1.165, 1.54) is 37.4 Å². The molecular formula is C16H15ClO5S. The van der Waals surface area contributed by atoms with Gasteiger partial charge in [-0.3, -0.25) is 0 Å². The van der Waals surface area contributed by atoms with Crippen LogP contribution in [0.5, 0.6) is 5.75 Å². The van der Waals surface area contributed by atoms with Gasteiger partial charge in [0.1, 0.15) is 10.6 Å². The minimum Gasteiger partial charge on any atom is -0.465 e. The van der Waals surface area contributed by atoms with E-state index in [2.05, 4.69) is 4.74 Å². The van der Waals surface area contributed by atoms with Crippen molar-refractivity contribution in [2.24, 2.45) is 0 Å². The average molecular weight is 355 g/mol. The van der Waals surface area contributed by atoms with E-state index in [0.717, 1.165) is 5.56 Å². The second-order valence-electron chi connectivity index (χ2n) is 4.66. The summed E-state index contributed by atoms with van der Waals surface area (Å²) in [6.07, 6.45) is 0.657. The maximum absolute atomic E-state index is 12.3. The van der Waals surface area contributed by atoms with Gasteiger partial charge >= 0.3 is 16.1 Å². The Morgan fingerprint density at radius 3 is 2.35 bits per heavy atom. The van der Waals surface area contributed by atoms with Crippen molar-refractivity contribution in [2.45, 2.75) is 18.2 Å². The monoisotopic (exact) mass is 354 g/mol. The van der Waals surface area contributed by atoms with Crippen molar-refractivity contribution in [3.05, 3.63) is 58.6 Å². The van der Waals surface area contributed by atoms with E-state index in [9.17, 15) is 13.2 Å². The molecular weight excluding hydrogens is 340 g/mol.